The molecule has 26 heavy (non-hydrogen) atoms. The lowest BCUT2D eigenvalue weighted by atomic mass is 9.95. The van der Waals surface area contributed by atoms with E-state index in [1.165, 1.54) is 44.1 Å². The van der Waals surface area contributed by atoms with Crippen LogP contribution in [0.1, 0.15) is 30.9 Å². The third kappa shape index (κ3) is 1.83. The summed E-state index contributed by atoms with van der Waals surface area (Å²) in [5.41, 5.74) is 8.64. The lowest BCUT2D eigenvalue weighted by molar-refractivity contribution is -0.617. The van der Waals surface area contributed by atoms with E-state index >= 15 is 0 Å². The van der Waals surface area contributed by atoms with Gasteiger partial charge in [-0.1, -0.05) is 38.1 Å². The Hall–Kier alpha value is -2.94. The first-order valence-electron chi connectivity index (χ1n) is 9.18. The number of nitrogens with zero attached hydrogens (tertiary/aromatic N) is 3. The number of hydrogen-bond donors (Lipinski definition) is 0. The molecule has 5 aromatic rings. The number of imidazole rings is 1. The SMILES string of the molecule is Cc1ccnc2c3c(C(C)C)cccc3n3c4ccccc4[n+](C)c3c12. The van der Waals surface area contributed by atoms with Crippen molar-refractivity contribution < 1.29 is 4.57 Å². The minimum Gasteiger partial charge on any atom is -0.255 e. The summed E-state index contributed by atoms with van der Waals surface area (Å²) < 4.78 is 4.71. The van der Waals surface area contributed by atoms with Crippen molar-refractivity contribution >= 4 is 38.5 Å². The Kier molecular flexibility index (Phi) is 3.11. The molecule has 0 bridgehead atoms. The van der Waals surface area contributed by atoms with Crippen LogP contribution in [0.5, 0.6) is 0 Å². The van der Waals surface area contributed by atoms with Gasteiger partial charge < -0.3 is 0 Å². The van der Waals surface area contributed by atoms with Crippen molar-refractivity contribution in [3.05, 3.63) is 65.9 Å². The minimum atomic E-state index is 0.442. The molecule has 0 atom stereocenters. The molecular weight excluding hydrogens is 318 g/mol. The molecular formula is C23H22N3+. The molecule has 0 aliphatic rings. The predicted molar refractivity (Wildman–Crippen MR) is 108 cm³/mol. The summed E-state index contributed by atoms with van der Waals surface area (Å²) in [5.74, 6) is 0.442. The molecule has 0 N–H and O–H groups in total. The van der Waals surface area contributed by atoms with Gasteiger partial charge in [-0.25, -0.2) is 4.57 Å². The van der Waals surface area contributed by atoms with Crippen molar-refractivity contribution in [2.45, 2.75) is 26.7 Å². The number of pyridine rings is 2. The van der Waals surface area contributed by atoms with Crippen LogP contribution in [-0.4, -0.2) is 9.38 Å². The number of hydrogen-bond acceptors (Lipinski definition) is 1. The van der Waals surface area contributed by atoms with Crippen LogP contribution >= 0.6 is 0 Å². The Morgan fingerprint density at radius 1 is 0.923 bits per heavy atom. The normalized spacial score (nSPS) is 12.2. The third-order valence-corrected chi connectivity index (χ3v) is 5.57. The summed E-state index contributed by atoms with van der Waals surface area (Å²) in [7, 11) is 2.15. The van der Waals surface area contributed by atoms with Crippen LogP contribution in [0.15, 0.2) is 54.7 Å². The van der Waals surface area contributed by atoms with Gasteiger partial charge in [0.05, 0.1) is 23.3 Å². The van der Waals surface area contributed by atoms with Crippen LogP contribution in [-0.2, 0) is 7.05 Å². The van der Waals surface area contributed by atoms with E-state index in [2.05, 4.69) is 85.3 Å². The number of aromatic nitrogens is 3. The zero-order chi connectivity index (χ0) is 18.0. The number of fused-ring (bicyclic) bond motifs is 8. The second-order valence-electron chi connectivity index (χ2n) is 7.45. The maximum atomic E-state index is 4.85. The van der Waals surface area contributed by atoms with Gasteiger partial charge in [0.2, 0.25) is 0 Å². The fraction of sp³-hybridized carbons (Fsp3) is 0.217. The number of para-hydroxylation sites is 2. The Balaban J connectivity index is 2.25. The van der Waals surface area contributed by atoms with Gasteiger partial charge in [0.15, 0.2) is 11.0 Å². The molecule has 0 spiro atoms. The Morgan fingerprint density at radius 3 is 2.50 bits per heavy atom. The molecule has 3 heteroatoms. The van der Waals surface area contributed by atoms with Gasteiger partial charge in [-0.05, 0) is 48.2 Å². The van der Waals surface area contributed by atoms with E-state index in [0.717, 1.165) is 5.52 Å². The predicted octanol–water partition coefficient (Wildman–Crippen LogP) is 5.05. The molecule has 0 amide bonds. The lowest BCUT2D eigenvalue weighted by Gasteiger charge is -2.12. The highest BCUT2D eigenvalue weighted by atomic mass is 15.1. The fourth-order valence-corrected chi connectivity index (χ4v) is 4.35. The van der Waals surface area contributed by atoms with Crippen molar-refractivity contribution in [1.82, 2.24) is 9.38 Å². The summed E-state index contributed by atoms with van der Waals surface area (Å²) in [4.78, 5) is 4.85. The van der Waals surface area contributed by atoms with Crippen molar-refractivity contribution in [2.24, 2.45) is 7.05 Å². The Labute approximate surface area is 152 Å². The standard InChI is InChI=1S/C23H22N3/c1-14(2)16-8-7-11-19-21(16)22-20(15(3)12-13-24-22)23-25(4)17-9-5-6-10-18(17)26(19)23/h5-14H,1-4H3/q+1. The van der Waals surface area contributed by atoms with Crippen molar-refractivity contribution in [2.75, 3.05) is 0 Å². The van der Waals surface area contributed by atoms with E-state index in [1.807, 2.05) is 6.20 Å². The second-order valence-corrected chi connectivity index (χ2v) is 7.45. The van der Waals surface area contributed by atoms with Gasteiger partial charge in [0.1, 0.15) is 5.52 Å². The molecule has 3 nitrogen and oxygen atoms in total. The largest absolute Gasteiger partial charge is 0.297 e. The first-order chi connectivity index (χ1) is 12.6. The topological polar surface area (TPSA) is 21.2 Å². The molecule has 3 heterocycles. The second kappa shape index (κ2) is 5.28. The smallest absolute Gasteiger partial charge is 0.255 e. The fourth-order valence-electron chi connectivity index (χ4n) is 4.35. The molecule has 3 aromatic heterocycles. The number of aryl methyl sites for hydroxylation is 2. The maximum absolute atomic E-state index is 4.85. The molecule has 128 valence electrons. The highest BCUT2D eigenvalue weighted by molar-refractivity contribution is 6.13. The van der Waals surface area contributed by atoms with Gasteiger partial charge in [0.25, 0.3) is 5.65 Å². The zero-order valence-corrected chi connectivity index (χ0v) is 15.6. The number of rotatable bonds is 1. The van der Waals surface area contributed by atoms with Crippen LogP contribution in [0, 0.1) is 6.92 Å². The first kappa shape index (κ1) is 15.3. The van der Waals surface area contributed by atoms with Gasteiger partial charge >= 0.3 is 0 Å². The highest BCUT2D eigenvalue weighted by Crippen LogP contribution is 2.35. The van der Waals surface area contributed by atoms with E-state index in [0.29, 0.717) is 5.92 Å². The zero-order valence-electron chi connectivity index (χ0n) is 15.6. The van der Waals surface area contributed by atoms with Crippen LogP contribution in [0.25, 0.3) is 38.5 Å². The van der Waals surface area contributed by atoms with Crippen molar-refractivity contribution in [1.29, 1.82) is 0 Å². The minimum absolute atomic E-state index is 0.442. The first-order valence-corrected chi connectivity index (χ1v) is 9.18. The van der Waals surface area contributed by atoms with E-state index in [9.17, 15) is 0 Å². The van der Waals surface area contributed by atoms with Gasteiger partial charge in [-0.2, -0.15) is 4.40 Å². The summed E-state index contributed by atoms with van der Waals surface area (Å²) in [6, 6.07) is 17.4. The molecule has 0 saturated heterocycles. The highest BCUT2D eigenvalue weighted by Gasteiger charge is 2.25. The van der Waals surface area contributed by atoms with Gasteiger partial charge in [-0.15, -0.1) is 0 Å². The quantitative estimate of drug-likeness (QED) is 0.309. The molecule has 0 unspecified atom stereocenters. The third-order valence-electron chi connectivity index (χ3n) is 5.57. The Morgan fingerprint density at radius 2 is 1.69 bits per heavy atom. The molecule has 2 aromatic carbocycles. The maximum Gasteiger partial charge on any atom is 0.297 e. The summed E-state index contributed by atoms with van der Waals surface area (Å²) in [6.45, 7) is 6.70. The number of benzene rings is 2. The van der Waals surface area contributed by atoms with Gasteiger partial charge in [0, 0.05) is 6.20 Å². The average Bonchev–Trinajstić information content (AvgIpc) is 2.95. The van der Waals surface area contributed by atoms with Gasteiger partial charge in [-0.3, -0.25) is 4.98 Å². The monoisotopic (exact) mass is 340 g/mol. The van der Waals surface area contributed by atoms with Crippen LogP contribution in [0.3, 0.4) is 0 Å². The van der Waals surface area contributed by atoms with E-state index in [1.54, 1.807) is 0 Å². The Bertz CT molecular complexity index is 1330. The van der Waals surface area contributed by atoms with Crippen LogP contribution in [0.4, 0.5) is 0 Å². The van der Waals surface area contributed by atoms with Crippen LogP contribution < -0.4 is 4.57 Å². The van der Waals surface area contributed by atoms with Crippen molar-refractivity contribution in [3.8, 4) is 0 Å². The molecule has 5 rings (SSSR count). The van der Waals surface area contributed by atoms with Crippen LogP contribution in [0.2, 0.25) is 0 Å². The summed E-state index contributed by atoms with van der Waals surface area (Å²) >= 11 is 0. The van der Waals surface area contributed by atoms with E-state index in [-0.39, 0.29) is 0 Å². The molecule has 0 aliphatic heterocycles. The van der Waals surface area contributed by atoms with E-state index < -0.39 is 0 Å². The molecule has 0 radical (unpaired) electrons. The molecule has 0 saturated carbocycles. The van der Waals surface area contributed by atoms with E-state index in [4.69, 9.17) is 4.98 Å². The molecule has 0 aliphatic carbocycles. The lowest BCUT2D eigenvalue weighted by Crippen LogP contribution is -2.27. The summed E-state index contributed by atoms with van der Waals surface area (Å²) in [6.07, 6.45) is 1.94. The summed E-state index contributed by atoms with van der Waals surface area (Å²) in [5, 5.41) is 2.52. The average molecular weight is 340 g/mol. The van der Waals surface area contributed by atoms with Crippen molar-refractivity contribution in [3.63, 3.8) is 0 Å². The molecule has 0 fully saturated rings.